The van der Waals surface area contributed by atoms with Crippen LogP contribution in [0, 0.1) is 0 Å². The van der Waals surface area contributed by atoms with E-state index in [1.807, 2.05) is 55.5 Å². The number of nitrogens with zero attached hydrogens (tertiary/aromatic N) is 5. The van der Waals surface area contributed by atoms with Gasteiger partial charge in [-0.25, -0.2) is 4.98 Å². The first-order valence-electron chi connectivity index (χ1n) is 16.4. The van der Waals surface area contributed by atoms with Gasteiger partial charge in [0.05, 0.1) is 22.1 Å². The molecule has 0 atom stereocenters. The minimum absolute atomic E-state index is 0.568. The molecule has 9 aromatic rings. The van der Waals surface area contributed by atoms with Gasteiger partial charge in [0.1, 0.15) is 0 Å². The Morgan fingerprint density at radius 1 is 0.571 bits per heavy atom. The van der Waals surface area contributed by atoms with Gasteiger partial charge >= 0.3 is 0 Å². The lowest BCUT2D eigenvalue weighted by atomic mass is 10.1. The van der Waals surface area contributed by atoms with Gasteiger partial charge in [-0.05, 0) is 47.5 Å². The second-order valence-electron chi connectivity index (χ2n) is 12.2. The molecule has 9 rings (SSSR count). The third kappa shape index (κ3) is 4.67. The predicted molar refractivity (Wildman–Crippen MR) is 204 cm³/mol. The number of fused-ring (bicyclic) bond motifs is 8. The Balaban J connectivity index is 1.44. The normalized spacial score (nSPS) is 12.3. The number of hydrogen-bond acceptors (Lipinski definition) is 3. The fourth-order valence-electron chi connectivity index (χ4n) is 7.00. The highest BCUT2D eigenvalue weighted by molar-refractivity contribution is 6.23. The van der Waals surface area contributed by atoms with Crippen molar-refractivity contribution in [2.45, 2.75) is 6.92 Å². The first-order valence-corrected chi connectivity index (χ1v) is 16.4. The maximum Gasteiger partial charge on any atom is 0.238 e. The highest BCUT2D eigenvalue weighted by atomic mass is 15.2. The number of rotatable bonds is 6. The van der Waals surface area contributed by atoms with Crippen molar-refractivity contribution in [3.8, 4) is 23.0 Å². The zero-order valence-electron chi connectivity index (χ0n) is 27.0. The van der Waals surface area contributed by atoms with E-state index in [1.54, 1.807) is 6.08 Å². The molecule has 0 saturated heterocycles. The topological polar surface area (TPSA) is 48.5 Å². The van der Waals surface area contributed by atoms with E-state index < -0.39 is 0 Å². The van der Waals surface area contributed by atoms with E-state index in [9.17, 15) is 0 Å². The number of benzene rings is 6. The Bertz CT molecular complexity index is 2800. The molecule has 0 aliphatic carbocycles. The average molecular weight is 630 g/mol. The molecule has 0 saturated carbocycles. The molecule has 3 heterocycles. The Labute approximate surface area is 283 Å². The van der Waals surface area contributed by atoms with Gasteiger partial charge in [0.15, 0.2) is 11.6 Å². The van der Waals surface area contributed by atoms with Gasteiger partial charge in [0, 0.05) is 32.8 Å². The van der Waals surface area contributed by atoms with Crippen molar-refractivity contribution in [2.75, 3.05) is 0 Å². The summed E-state index contributed by atoms with van der Waals surface area (Å²) in [6.07, 6.45) is 7.63. The molecule has 0 radical (unpaired) electrons. The van der Waals surface area contributed by atoms with Crippen LogP contribution in [0.2, 0.25) is 0 Å². The first-order chi connectivity index (χ1) is 24.2. The van der Waals surface area contributed by atoms with Crippen LogP contribution in [0.5, 0.6) is 0 Å². The van der Waals surface area contributed by atoms with Crippen LogP contribution in [-0.2, 0) is 0 Å². The molecule has 232 valence electrons. The van der Waals surface area contributed by atoms with Crippen LogP contribution in [-0.4, -0.2) is 24.1 Å². The van der Waals surface area contributed by atoms with Crippen molar-refractivity contribution in [1.82, 2.24) is 24.1 Å². The van der Waals surface area contributed by atoms with Gasteiger partial charge in [-0.15, -0.1) is 0 Å². The van der Waals surface area contributed by atoms with Gasteiger partial charge in [-0.1, -0.05) is 140 Å². The van der Waals surface area contributed by atoms with E-state index in [0.29, 0.717) is 17.6 Å². The molecule has 0 aliphatic rings. The van der Waals surface area contributed by atoms with Crippen LogP contribution in [0.1, 0.15) is 12.7 Å². The number of hydrogen-bond donors (Lipinski definition) is 0. The lowest BCUT2D eigenvalue weighted by Gasteiger charge is -2.13. The zero-order chi connectivity index (χ0) is 32.9. The molecule has 3 aromatic heterocycles. The predicted octanol–water partition coefficient (Wildman–Crippen LogP) is 11.0. The SMILES string of the molecule is C=C/C=C\C=C(/C)c1nc(-c2ccccc2)nc(-n2c3ccccc3c3ccc4c5ccccc5n(-c5ccc6ccccc6c5)c4c32)n1. The van der Waals surface area contributed by atoms with Crippen molar-refractivity contribution in [2.24, 2.45) is 0 Å². The fourth-order valence-corrected chi connectivity index (χ4v) is 7.00. The summed E-state index contributed by atoms with van der Waals surface area (Å²) in [5.74, 6) is 1.80. The van der Waals surface area contributed by atoms with Crippen LogP contribution in [0.4, 0.5) is 0 Å². The van der Waals surface area contributed by atoms with Gasteiger partial charge in [-0.3, -0.25) is 4.57 Å². The Morgan fingerprint density at radius 2 is 1.20 bits per heavy atom. The van der Waals surface area contributed by atoms with E-state index >= 15 is 0 Å². The summed E-state index contributed by atoms with van der Waals surface area (Å²) in [4.78, 5) is 15.4. The molecule has 0 spiro atoms. The summed E-state index contributed by atoms with van der Waals surface area (Å²) in [6.45, 7) is 5.84. The van der Waals surface area contributed by atoms with Crippen molar-refractivity contribution in [1.29, 1.82) is 0 Å². The van der Waals surface area contributed by atoms with E-state index in [4.69, 9.17) is 15.0 Å². The molecular weight excluding hydrogens is 599 g/mol. The first kappa shape index (κ1) is 28.6. The van der Waals surface area contributed by atoms with Crippen molar-refractivity contribution < 1.29 is 0 Å². The average Bonchev–Trinajstić information content (AvgIpc) is 3.68. The quantitative estimate of drug-likeness (QED) is 0.172. The number of para-hydroxylation sites is 2. The molecule has 5 heteroatoms. The second kappa shape index (κ2) is 11.6. The molecule has 0 fully saturated rings. The number of aromatic nitrogens is 5. The van der Waals surface area contributed by atoms with E-state index in [1.165, 1.54) is 21.5 Å². The lowest BCUT2D eigenvalue weighted by Crippen LogP contribution is -2.08. The molecule has 0 N–H and O–H groups in total. The molecular formula is C44H31N5. The van der Waals surface area contributed by atoms with Crippen LogP contribution in [0.3, 0.4) is 0 Å². The third-order valence-corrected chi connectivity index (χ3v) is 9.26. The molecule has 0 amide bonds. The van der Waals surface area contributed by atoms with E-state index in [-0.39, 0.29) is 0 Å². The van der Waals surface area contributed by atoms with Gasteiger partial charge in [-0.2, -0.15) is 9.97 Å². The monoisotopic (exact) mass is 629 g/mol. The maximum absolute atomic E-state index is 5.20. The van der Waals surface area contributed by atoms with Gasteiger partial charge < -0.3 is 4.57 Å². The smallest absolute Gasteiger partial charge is 0.238 e. The van der Waals surface area contributed by atoms with Crippen molar-refractivity contribution in [3.63, 3.8) is 0 Å². The molecule has 6 aromatic carbocycles. The Morgan fingerprint density at radius 3 is 1.94 bits per heavy atom. The summed E-state index contributed by atoms with van der Waals surface area (Å²) < 4.78 is 4.63. The summed E-state index contributed by atoms with van der Waals surface area (Å²) in [5.41, 5.74) is 7.29. The largest absolute Gasteiger partial charge is 0.307 e. The second-order valence-corrected chi connectivity index (χ2v) is 12.2. The minimum atomic E-state index is 0.568. The number of allylic oxidation sites excluding steroid dienone is 5. The maximum atomic E-state index is 5.20. The Hall–Kier alpha value is -6.59. The fraction of sp³-hybridized carbons (Fsp3) is 0.0227. The molecule has 0 aliphatic heterocycles. The zero-order valence-corrected chi connectivity index (χ0v) is 27.0. The van der Waals surface area contributed by atoms with Gasteiger partial charge in [0.2, 0.25) is 5.95 Å². The highest BCUT2D eigenvalue weighted by Crippen LogP contribution is 2.41. The third-order valence-electron chi connectivity index (χ3n) is 9.26. The van der Waals surface area contributed by atoms with E-state index in [2.05, 4.69) is 119 Å². The lowest BCUT2D eigenvalue weighted by molar-refractivity contribution is 0.930. The summed E-state index contributed by atoms with van der Waals surface area (Å²) in [5, 5.41) is 7.04. The molecule has 5 nitrogen and oxygen atoms in total. The van der Waals surface area contributed by atoms with Crippen LogP contribution in [0.15, 0.2) is 164 Å². The van der Waals surface area contributed by atoms with Crippen LogP contribution in [0.25, 0.3) is 83.0 Å². The summed E-state index contributed by atoms with van der Waals surface area (Å²) >= 11 is 0. The standard InChI is InChI=1S/C44H31N5/c1-3-4-6-15-29(2)42-45-43(31-17-7-5-8-18-31)47-44(46-42)49-39-23-14-12-21-35(39)37-27-26-36-34-20-11-13-22-38(34)48(40(36)41(37)49)33-25-24-30-16-9-10-19-32(30)28-33/h3-28H,1H2,2H3/b6-4-,29-15+. The molecule has 49 heavy (non-hydrogen) atoms. The minimum Gasteiger partial charge on any atom is -0.307 e. The summed E-state index contributed by atoms with van der Waals surface area (Å²) in [6, 6.07) is 47.1. The molecule has 0 unspecified atom stereocenters. The van der Waals surface area contributed by atoms with Crippen LogP contribution < -0.4 is 0 Å². The van der Waals surface area contributed by atoms with Gasteiger partial charge in [0.25, 0.3) is 0 Å². The highest BCUT2D eigenvalue weighted by Gasteiger charge is 2.23. The summed E-state index contributed by atoms with van der Waals surface area (Å²) in [7, 11) is 0. The van der Waals surface area contributed by atoms with Crippen LogP contribution >= 0.6 is 0 Å². The van der Waals surface area contributed by atoms with Crippen molar-refractivity contribution in [3.05, 3.63) is 170 Å². The Kier molecular flexibility index (Phi) is 6.76. The van der Waals surface area contributed by atoms with Crippen molar-refractivity contribution >= 4 is 60.0 Å². The van der Waals surface area contributed by atoms with E-state index in [0.717, 1.165) is 49.7 Å². The molecule has 0 bridgehead atoms.